The van der Waals surface area contributed by atoms with Gasteiger partial charge in [0.1, 0.15) is 11.6 Å². The first-order valence-electron chi connectivity index (χ1n) is 10.4. The zero-order chi connectivity index (χ0) is 25.0. The molecule has 1 aliphatic heterocycles. The number of hydrogen-bond acceptors (Lipinski definition) is 7. The number of esters is 1. The van der Waals surface area contributed by atoms with E-state index in [0.29, 0.717) is 38.1 Å². The average molecular weight is 498 g/mol. The van der Waals surface area contributed by atoms with Crippen LogP contribution in [0.4, 0.5) is 20.2 Å². The number of anilines is 2. The van der Waals surface area contributed by atoms with E-state index in [0.717, 1.165) is 16.4 Å². The largest absolute Gasteiger partial charge is 0.449 e. The molecule has 0 aliphatic carbocycles. The first kappa shape index (κ1) is 25.5. The molecule has 34 heavy (non-hydrogen) atoms. The van der Waals surface area contributed by atoms with E-state index in [2.05, 4.69) is 5.32 Å². The number of ether oxygens (including phenoxy) is 2. The van der Waals surface area contributed by atoms with E-state index in [-0.39, 0.29) is 16.1 Å². The molecule has 1 amide bonds. The summed E-state index contributed by atoms with van der Waals surface area (Å²) in [6.07, 6.45) is -1.36. The standard InChI is InChI=1S/C22H25F2N3O6S/c1-14(21(28)25-19-6-4-15(23)12-18(19)24)33-22(29)17-13-16(34(30,31)26(2)3)5-7-20(17)27-8-10-32-11-9-27/h4-7,12-14H,8-11H2,1-3H3,(H,25,28)/t14-/m0/s1. The number of morpholine rings is 1. The van der Waals surface area contributed by atoms with E-state index in [9.17, 15) is 26.8 Å². The van der Waals surface area contributed by atoms with Crippen molar-refractivity contribution in [3.63, 3.8) is 0 Å². The Labute approximate surface area is 196 Å². The molecule has 0 spiro atoms. The number of carbonyl (C=O) groups is 2. The van der Waals surface area contributed by atoms with Gasteiger partial charge in [-0.2, -0.15) is 0 Å². The Morgan fingerprint density at radius 3 is 2.41 bits per heavy atom. The normalized spacial score (nSPS) is 15.2. The lowest BCUT2D eigenvalue weighted by Gasteiger charge is -2.30. The number of rotatable bonds is 7. The van der Waals surface area contributed by atoms with Crippen molar-refractivity contribution in [1.29, 1.82) is 0 Å². The van der Waals surface area contributed by atoms with E-state index in [1.165, 1.54) is 39.2 Å². The SMILES string of the molecule is C[C@H](OC(=O)c1cc(S(=O)(=O)N(C)C)ccc1N1CCOCC1)C(=O)Nc1ccc(F)cc1F. The number of nitrogens with zero attached hydrogens (tertiary/aromatic N) is 2. The van der Waals surface area contributed by atoms with Gasteiger partial charge in [0, 0.05) is 33.3 Å². The third-order valence-corrected chi connectivity index (χ3v) is 6.97. The summed E-state index contributed by atoms with van der Waals surface area (Å²) in [6.45, 7) is 3.08. The van der Waals surface area contributed by atoms with Crippen LogP contribution in [0.1, 0.15) is 17.3 Å². The number of benzene rings is 2. The minimum atomic E-state index is -3.84. The van der Waals surface area contributed by atoms with Gasteiger partial charge in [0.25, 0.3) is 5.91 Å². The number of sulfonamides is 1. The molecule has 0 unspecified atom stereocenters. The van der Waals surface area contributed by atoms with E-state index in [4.69, 9.17) is 9.47 Å². The summed E-state index contributed by atoms with van der Waals surface area (Å²) in [5.74, 6) is -3.57. The molecule has 1 saturated heterocycles. The van der Waals surface area contributed by atoms with Gasteiger partial charge in [-0.3, -0.25) is 4.79 Å². The Kier molecular flexibility index (Phi) is 7.85. The second kappa shape index (κ2) is 10.5. The van der Waals surface area contributed by atoms with Crippen molar-refractivity contribution in [2.75, 3.05) is 50.6 Å². The zero-order valence-corrected chi connectivity index (χ0v) is 19.7. The second-order valence-electron chi connectivity index (χ2n) is 7.73. The molecule has 3 rings (SSSR count). The maximum absolute atomic E-state index is 13.8. The number of carbonyl (C=O) groups excluding carboxylic acids is 2. The van der Waals surface area contributed by atoms with Crippen molar-refractivity contribution in [2.24, 2.45) is 0 Å². The summed E-state index contributed by atoms with van der Waals surface area (Å²) in [5.41, 5.74) is 0.114. The lowest BCUT2D eigenvalue weighted by atomic mass is 10.1. The number of nitrogens with one attached hydrogen (secondary N) is 1. The highest BCUT2D eigenvalue weighted by molar-refractivity contribution is 7.89. The van der Waals surface area contributed by atoms with Gasteiger partial charge in [-0.05, 0) is 37.3 Å². The first-order valence-corrected chi connectivity index (χ1v) is 11.8. The van der Waals surface area contributed by atoms with E-state index >= 15 is 0 Å². The van der Waals surface area contributed by atoms with Crippen LogP contribution >= 0.6 is 0 Å². The van der Waals surface area contributed by atoms with Crippen molar-refractivity contribution >= 4 is 33.3 Å². The van der Waals surface area contributed by atoms with E-state index in [1.54, 1.807) is 0 Å². The van der Waals surface area contributed by atoms with Gasteiger partial charge in [0.15, 0.2) is 6.10 Å². The maximum Gasteiger partial charge on any atom is 0.341 e. The molecule has 2 aromatic carbocycles. The van der Waals surface area contributed by atoms with Gasteiger partial charge < -0.3 is 19.7 Å². The quantitative estimate of drug-likeness (QED) is 0.585. The molecule has 0 radical (unpaired) electrons. The summed E-state index contributed by atoms with van der Waals surface area (Å²) in [7, 11) is -1.11. The highest BCUT2D eigenvalue weighted by atomic mass is 32.2. The fourth-order valence-corrected chi connectivity index (χ4v) is 4.16. The summed E-state index contributed by atoms with van der Waals surface area (Å²) < 4.78 is 63.7. The Morgan fingerprint density at radius 1 is 1.12 bits per heavy atom. The molecule has 1 atom stereocenters. The van der Waals surface area contributed by atoms with Crippen LogP contribution in [-0.4, -0.2) is 71.1 Å². The van der Waals surface area contributed by atoms with Crippen LogP contribution in [0.15, 0.2) is 41.3 Å². The number of hydrogen-bond donors (Lipinski definition) is 1. The molecule has 2 aromatic rings. The highest BCUT2D eigenvalue weighted by Crippen LogP contribution is 2.27. The summed E-state index contributed by atoms with van der Waals surface area (Å²) in [4.78, 5) is 27.2. The molecular weight excluding hydrogens is 472 g/mol. The summed E-state index contributed by atoms with van der Waals surface area (Å²) in [6, 6.07) is 6.73. The maximum atomic E-state index is 13.8. The van der Waals surface area contributed by atoms with Crippen LogP contribution in [0, 0.1) is 11.6 Å². The van der Waals surface area contributed by atoms with Gasteiger partial charge >= 0.3 is 5.97 Å². The second-order valence-corrected chi connectivity index (χ2v) is 9.88. The highest BCUT2D eigenvalue weighted by Gasteiger charge is 2.27. The summed E-state index contributed by atoms with van der Waals surface area (Å²) >= 11 is 0. The lowest BCUT2D eigenvalue weighted by molar-refractivity contribution is -0.123. The van der Waals surface area contributed by atoms with Crippen LogP contribution in [0.2, 0.25) is 0 Å². The van der Waals surface area contributed by atoms with Gasteiger partial charge in [0.2, 0.25) is 10.0 Å². The van der Waals surface area contributed by atoms with Crippen molar-refractivity contribution < 1.29 is 36.3 Å². The van der Waals surface area contributed by atoms with E-state index < -0.39 is 39.6 Å². The molecule has 12 heteroatoms. The minimum Gasteiger partial charge on any atom is -0.449 e. The lowest BCUT2D eigenvalue weighted by Crippen LogP contribution is -2.37. The average Bonchev–Trinajstić information content (AvgIpc) is 2.80. The Morgan fingerprint density at radius 2 is 1.79 bits per heavy atom. The molecule has 184 valence electrons. The topological polar surface area (TPSA) is 105 Å². The summed E-state index contributed by atoms with van der Waals surface area (Å²) in [5, 5.41) is 2.24. The van der Waals surface area contributed by atoms with Gasteiger partial charge in [-0.25, -0.2) is 26.3 Å². The van der Waals surface area contributed by atoms with Crippen LogP contribution in [0.3, 0.4) is 0 Å². The Balaban J connectivity index is 1.86. The Bertz CT molecular complexity index is 1180. The minimum absolute atomic E-state index is 0.0440. The van der Waals surface area contributed by atoms with Crippen molar-refractivity contribution in [1.82, 2.24) is 4.31 Å². The number of amides is 1. The molecule has 1 aliphatic rings. The predicted octanol–water partition coefficient (Wildman–Crippen LogP) is 2.24. The smallest absolute Gasteiger partial charge is 0.341 e. The van der Waals surface area contributed by atoms with Crippen LogP contribution in [-0.2, 0) is 24.3 Å². The first-order chi connectivity index (χ1) is 16.0. The molecule has 1 N–H and O–H groups in total. The molecule has 0 saturated carbocycles. The molecule has 1 fully saturated rings. The Hall–Kier alpha value is -3.09. The van der Waals surface area contributed by atoms with Gasteiger partial charge in [-0.1, -0.05) is 0 Å². The van der Waals surface area contributed by atoms with E-state index in [1.807, 2.05) is 4.90 Å². The van der Waals surface area contributed by atoms with Gasteiger partial charge in [-0.15, -0.1) is 0 Å². The third-order valence-electron chi connectivity index (χ3n) is 5.16. The molecule has 0 aromatic heterocycles. The fourth-order valence-electron chi connectivity index (χ4n) is 3.23. The molecular formula is C22H25F2N3O6S. The van der Waals surface area contributed by atoms with Crippen LogP contribution in [0.5, 0.6) is 0 Å². The number of halogens is 2. The molecule has 9 nitrogen and oxygen atoms in total. The molecule has 0 bridgehead atoms. The van der Waals surface area contributed by atoms with Crippen molar-refractivity contribution in [3.05, 3.63) is 53.6 Å². The fraction of sp³-hybridized carbons (Fsp3) is 0.364. The van der Waals surface area contributed by atoms with Crippen LogP contribution < -0.4 is 10.2 Å². The van der Waals surface area contributed by atoms with Crippen LogP contribution in [0.25, 0.3) is 0 Å². The van der Waals surface area contributed by atoms with Crippen molar-refractivity contribution in [2.45, 2.75) is 17.9 Å². The third kappa shape index (κ3) is 5.69. The molecule has 1 heterocycles. The zero-order valence-electron chi connectivity index (χ0n) is 18.9. The monoisotopic (exact) mass is 497 g/mol. The van der Waals surface area contributed by atoms with Gasteiger partial charge in [0.05, 0.1) is 35.0 Å². The van der Waals surface area contributed by atoms with Crippen molar-refractivity contribution in [3.8, 4) is 0 Å². The predicted molar refractivity (Wildman–Crippen MR) is 120 cm³/mol.